The zero-order valence-electron chi connectivity index (χ0n) is 15.9. The number of ether oxygens (including phenoxy) is 1. The van der Waals surface area contributed by atoms with E-state index in [0.717, 1.165) is 35.3 Å². The lowest BCUT2D eigenvalue weighted by Crippen LogP contribution is -2.45. The zero-order chi connectivity index (χ0) is 20.4. The number of aliphatic hydroxyl groups is 1. The maximum absolute atomic E-state index is 13.7. The Bertz CT molecular complexity index is 935. The number of amides is 3. The number of aryl methyl sites for hydroxylation is 1. The van der Waals surface area contributed by atoms with Crippen molar-refractivity contribution in [3.63, 3.8) is 0 Å². The molecule has 0 unspecified atom stereocenters. The molecule has 0 aromatic heterocycles. The number of nitrogens with zero attached hydrogens (tertiary/aromatic N) is 1. The van der Waals surface area contributed by atoms with Gasteiger partial charge in [-0.1, -0.05) is 36.4 Å². The van der Waals surface area contributed by atoms with Crippen LogP contribution in [0.1, 0.15) is 30.4 Å². The van der Waals surface area contributed by atoms with E-state index in [4.69, 9.17) is 4.74 Å². The molecule has 2 aliphatic rings. The number of hydrogen-bond donors (Lipinski definition) is 2. The molecular formula is C22H23FN2O4. The van der Waals surface area contributed by atoms with E-state index in [9.17, 15) is 19.1 Å². The van der Waals surface area contributed by atoms with Gasteiger partial charge in [-0.2, -0.15) is 0 Å². The maximum atomic E-state index is 13.7. The predicted molar refractivity (Wildman–Crippen MR) is 104 cm³/mol. The number of carbonyl (C=O) groups is 2. The van der Waals surface area contributed by atoms with Gasteiger partial charge in [0.1, 0.15) is 18.2 Å². The van der Waals surface area contributed by atoms with Crippen LogP contribution in [0.3, 0.4) is 0 Å². The average Bonchev–Trinajstić information content (AvgIpc) is 2.86. The Morgan fingerprint density at radius 3 is 2.72 bits per heavy atom. The SMILES string of the molecule is O=C1N[C@]2(CCCCc3ccccc32)C(=O)N1C[C@H](O)COc1ccccc1F. The topological polar surface area (TPSA) is 78.9 Å². The fraction of sp³-hybridized carbons (Fsp3) is 0.364. The van der Waals surface area contributed by atoms with Gasteiger partial charge in [0.05, 0.1) is 6.54 Å². The second-order valence-corrected chi connectivity index (χ2v) is 7.51. The largest absolute Gasteiger partial charge is 0.488 e. The highest BCUT2D eigenvalue weighted by Gasteiger charge is 2.53. The molecule has 0 radical (unpaired) electrons. The molecule has 7 heteroatoms. The molecule has 152 valence electrons. The van der Waals surface area contributed by atoms with Crippen LogP contribution >= 0.6 is 0 Å². The molecule has 0 saturated carbocycles. The van der Waals surface area contributed by atoms with Crippen molar-refractivity contribution in [1.82, 2.24) is 10.2 Å². The molecular weight excluding hydrogens is 375 g/mol. The Labute approximate surface area is 168 Å². The molecule has 1 spiro atoms. The van der Waals surface area contributed by atoms with Crippen molar-refractivity contribution < 1.29 is 23.8 Å². The number of para-hydroxylation sites is 1. The van der Waals surface area contributed by atoms with E-state index in [-0.39, 0.29) is 24.8 Å². The molecule has 1 aliphatic heterocycles. The number of urea groups is 1. The molecule has 2 aromatic rings. The normalized spacial score (nSPS) is 22.2. The quantitative estimate of drug-likeness (QED) is 0.759. The highest BCUT2D eigenvalue weighted by atomic mass is 19.1. The van der Waals surface area contributed by atoms with E-state index in [1.807, 2.05) is 24.3 Å². The minimum atomic E-state index is -1.14. The van der Waals surface area contributed by atoms with Gasteiger partial charge in [0.15, 0.2) is 11.6 Å². The van der Waals surface area contributed by atoms with E-state index < -0.39 is 23.5 Å². The summed E-state index contributed by atoms with van der Waals surface area (Å²) in [7, 11) is 0. The van der Waals surface area contributed by atoms with Crippen LogP contribution in [0, 0.1) is 5.82 Å². The van der Waals surface area contributed by atoms with Crippen LogP contribution in [0.15, 0.2) is 48.5 Å². The average molecular weight is 398 g/mol. The Hall–Kier alpha value is -2.93. The van der Waals surface area contributed by atoms with Crippen LogP contribution < -0.4 is 10.1 Å². The monoisotopic (exact) mass is 398 g/mol. The number of aliphatic hydroxyl groups excluding tert-OH is 1. The van der Waals surface area contributed by atoms with Gasteiger partial charge in [-0.05, 0) is 48.9 Å². The van der Waals surface area contributed by atoms with Gasteiger partial charge in [-0.15, -0.1) is 0 Å². The molecule has 0 bridgehead atoms. The third kappa shape index (κ3) is 3.58. The van der Waals surface area contributed by atoms with Gasteiger partial charge < -0.3 is 15.2 Å². The van der Waals surface area contributed by atoms with E-state index in [1.165, 1.54) is 18.2 Å². The van der Waals surface area contributed by atoms with E-state index in [1.54, 1.807) is 6.07 Å². The number of hydrogen-bond acceptors (Lipinski definition) is 4. The molecule has 1 heterocycles. The van der Waals surface area contributed by atoms with E-state index in [2.05, 4.69) is 5.32 Å². The summed E-state index contributed by atoms with van der Waals surface area (Å²) in [5.74, 6) is -0.886. The standard InChI is InChI=1S/C22H23FN2O4/c23-18-10-3-4-11-19(18)29-14-16(26)13-25-20(27)22(24-21(25)28)12-6-5-8-15-7-1-2-9-17(15)22/h1-4,7,9-11,16,26H,5-6,8,12-14H2,(H,24,28)/t16-,22-/m0/s1. The minimum absolute atomic E-state index is 0.0120. The molecule has 2 atom stereocenters. The van der Waals surface area contributed by atoms with Gasteiger partial charge in [-0.25, -0.2) is 9.18 Å². The van der Waals surface area contributed by atoms with Gasteiger partial charge >= 0.3 is 6.03 Å². The van der Waals surface area contributed by atoms with Crippen molar-refractivity contribution in [2.45, 2.75) is 37.3 Å². The summed E-state index contributed by atoms with van der Waals surface area (Å²) in [6.45, 7) is -0.454. The van der Waals surface area contributed by atoms with Gasteiger partial charge in [0, 0.05) is 0 Å². The summed E-state index contributed by atoms with van der Waals surface area (Å²) in [5.41, 5.74) is 0.801. The number of halogens is 1. The van der Waals surface area contributed by atoms with Gasteiger partial charge in [0.2, 0.25) is 0 Å². The summed E-state index contributed by atoms with van der Waals surface area (Å²) in [5, 5.41) is 13.2. The molecule has 1 saturated heterocycles. The second kappa shape index (κ2) is 7.83. The Kier molecular flexibility index (Phi) is 5.24. The van der Waals surface area contributed by atoms with Crippen LogP contribution in [0.25, 0.3) is 0 Å². The van der Waals surface area contributed by atoms with Crippen LogP contribution in [-0.4, -0.2) is 41.2 Å². The van der Waals surface area contributed by atoms with Gasteiger partial charge in [-0.3, -0.25) is 9.69 Å². The third-order valence-electron chi connectivity index (χ3n) is 5.56. The first kappa shape index (κ1) is 19.4. The summed E-state index contributed by atoms with van der Waals surface area (Å²) in [6.07, 6.45) is 2.00. The molecule has 2 aromatic carbocycles. The summed E-state index contributed by atoms with van der Waals surface area (Å²) >= 11 is 0. The lowest BCUT2D eigenvalue weighted by Gasteiger charge is -2.27. The molecule has 29 heavy (non-hydrogen) atoms. The van der Waals surface area contributed by atoms with Crippen molar-refractivity contribution in [2.24, 2.45) is 0 Å². The first-order chi connectivity index (χ1) is 14.0. The number of fused-ring (bicyclic) bond motifs is 2. The molecule has 6 nitrogen and oxygen atoms in total. The fourth-order valence-electron chi connectivity index (χ4n) is 4.15. The molecule has 3 amide bonds. The molecule has 2 N–H and O–H groups in total. The second-order valence-electron chi connectivity index (χ2n) is 7.51. The fourth-order valence-corrected chi connectivity index (χ4v) is 4.15. The Morgan fingerprint density at radius 1 is 1.14 bits per heavy atom. The van der Waals surface area contributed by atoms with Crippen molar-refractivity contribution in [2.75, 3.05) is 13.2 Å². The highest BCUT2D eigenvalue weighted by molar-refractivity contribution is 6.07. The first-order valence-electron chi connectivity index (χ1n) is 9.79. The summed E-state index contributed by atoms with van der Waals surface area (Å²) < 4.78 is 18.9. The maximum Gasteiger partial charge on any atom is 0.325 e. The Morgan fingerprint density at radius 2 is 1.90 bits per heavy atom. The van der Waals surface area contributed by atoms with Crippen molar-refractivity contribution in [3.8, 4) is 5.75 Å². The number of benzene rings is 2. The van der Waals surface area contributed by atoms with Crippen LogP contribution in [0.5, 0.6) is 5.75 Å². The lowest BCUT2D eigenvalue weighted by molar-refractivity contribution is -0.133. The summed E-state index contributed by atoms with van der Waals surface area (Å²) in [6, 6.07) is 13.0. The number of nitrogens with one attached hydrogen (secondary N) is 1. The van der Waals surface area contributed by atoms with Crippen molar-refractivity contribution in [3.05, 3.63) is 65.5 Å². The van der Waals surface area contributed by atoms with Crippen LogP contribution in [0.2, 0.25) is 0 Å². The summed E-state index contributed by atoms with van der Waals surface area (Å²) in [4.78, 5) is 27.0. The minimum Gasteiger partial charge on any atom is -0.488 e. The molecule has 1 aliphatic carbocycles. The Balaban J connectivity index is 1.49. The number of rotatable bonds is 5. The molecule has 1 fully saturated rings. The van der Waals surface area contributed by atoms with Crippen molar-refractivity contribution in [1.29, 1.82) is 0 Å². The molecule has 4 rings (SSSR count). The van der Waals surface area contributed by atoms with Crippen molar-refractivity contribution >= 4 is 11.9 Å². The van der Waals surface area contributed by atoms with Crippen LogP contribution in [0.4, 0.5) is 9.18 Å². The van der Waals surface area contributed by atoms with E-state index >= 15 is 0 Å². The third-order valence-corrected chi connectivity index (χ3v) is 5.56. The number of β-amino-alcohol motifs (C(OH)–C–C–N with tert-alkyl or cyclic N) is 1. The van der Waals surface area contributed by atoms with Crippen LogP contribution in [-0.2, 0) is 16.8 Å². The highest BCUT2D eigenvalue weighted by Crippen LogP contribution is 2.39. The zero-order valence-corrected chi connectivity index (χ0v) is 15.9. The predicted octanol–water partition coefficient (Wildman–Crippen LogP) is 2.74. The lowest BCUT2D eigenvalue weighted by atomic mass is 9.84. The smallest absolute Gasteiger partial charge is 0.325 e. The van der Waals surface area contributed by atoms with Gasteiger partial charge in [0.25, 0.3) is 5.91 Å². The number of carbonyl (C=O) groups excluding carboxylic acids is 2. The first-order valence-corrected chi connectivity index (χ1v) is 9.79. The van der Waals surface area contributed by atoms with E-state index in [0.29, 0.717) is 6.42 Å². The number of imide groups is 1.